The number of rotatable bonds is 4. The van der Waals surface area contributed by atoms with Crippen molar-refractivity contribution in [3.63, 3.8) is 0 Å². The molecule has 19 heavy (non-hydrogen) atoms. The molecule has 1 saturated carbocycles. The molecule has 2 amide bonds. The van der Waals surface area contributed by atoms with E-state index in [1.54, 1.807) is 14.0 Å². The topological polar surface area (TPSA) is 89.9 Å². The zero-order valence-corrected chi connectivity index (χ0v) is 11.8. The van der Waals surface area contributed by atoms with E-state index in [0.717, 1.165) is 12.8 Å². The van der Waals surface area contributed by atoms with Gasteiger partial charge in [0.1, 0.15) is 5.54 Å². The average molecular weight is 272 g/mol. The number of aliphatic hydroxyl groups excluding tert-OH is 1. The number of aliphatic carboxylic acids is 1. The lowest BCUT2D eigenvalue weighted by Crippen LogP contribution is -2.59. The first kappa shape index (κ1) is 15.8. The molecule has 3 N–H and O–H groups in total. The van der Waals surface area contributed by atoms with Crippen molar-refractivity contribution >= 4 is 12.0 Å². The van der Waals surface area contributed by atoms with Crippen LogP contribution in [0.25, 0.3) is 0 Å². The minimum atomic E-state index is -1.16. The molecule has 0 heterocycles. The summed E-state index contributed by atoms with van der Waals surface area (Å²) in [6.07, 6.45) is 2.50. The van der Waals surface area contributed by atoms with E-state index in [1.807, 2.05) is 0 Å². The fourth-order valence-electron chi connectivity index (χ4n) is 2.26. The number of urea groups is 1. The predicted octanol–water partition coefficient (Wildman–Crippen LogP) is 1.04. The zero-order valence-electron chi connectivity index (χ0n) is 11.8. The summed E-state index contributed by atoms with van der Waals surface area (Å²) < 4.78 is 0. The highest BCUT2D eigenvalue weighted by atomic mass is 16.4. The first-order valence-corrected chi connectivity index (χ1v) is 6.71. The Balaban J connectivity index is 2.74. The van der Waals surface area contributed by atoms with E-state index in [2.05, 4.69) is 12.2 Å². The lowest BCUT2D eigenvalue weighted by molar-refractivity contribution is -0.146. The van der Waals surface area contributed by atoms with Crippen LogP contribution in [-0.2, 0) is 4.79 Å². The summed E-state index contributed by atoms with van der Waals surface area (Å²) in [6.45, 7) is 3.64. The van der Waals surface area contributed by atoms with Gasteiger partial charge in [-0.15, -0.1) is 0 Å². The molecule has 1 unspecified atom stereocenters. The second kappa shape index (κ2) is 6.23. The lowest BCUT2D eigenvalue weighted by Gasteiger charge is -2.38. The van der Waals surface area contributed by atoms with Crippen LogP contribution in [0.2, 0.25) is 0 Å². The Morgan fingerprint density at radius 3 is 2.37 bits per heavy atom. The van der Waals surface area contributed by atoms with Gasteiger partial charge in [-0.3, -0.25) is 0 Å². The zero-order chi connectivity index (χ0) is 14.6. The lowest BCUT2D eigenvalue weighted by atomic mass is 9.77. The number of carbonyl (C=O) groups is 2. The maximum atomic E-state index is 12.0. The fraction of sp³-hybridized carbons (Fsp3) is 0.846. The van der Waals surface area contributed by atoms with Gasteiger partial charge >= 0.3 is 12.0 Å². The molecule has 110 valence electrons. The minimum Gasteiger partial charge on any atom is -0.480 e. The summed E-state index contributed by atoms with van der Waals surface area (Å²) in [5, 5.41) is 21.1. The number of carboxylic acids is 1. The van der Waals surface area contributed by atoms with Crippen molar-refractivity contribution in [3.8, 4) is 0 Å². The van der Waals surface area contributed by atoms with Crippen LogP contribution in [0.1, 0.15) is 39.5 Å². The van der Waals surface area contributed by atoms with E-state index in [-0.39, 0.29) is 12.6 Å². The summed E-state index contributed by atoms with van der Waals surface area (Å²) in [4.78, 5) is 24.9. The van der Waals surface area contributed by atoms with Gasteiger partial charge in [-0.25, -0.2) is 9.59 Å². The Morgan fingerprint density at radius 1 is 1.42 bits per heavy atom. The van der Waals surface area contributed by atoms with E-state index in [9.17, 15) is 14.7 Å². The summed E-state index contributed by atoms with van der Waals surface area (Å²) >= 11 is 0. The van der Waals surface area contributed by atoms with Crippen molar-refractivity contribution < 1.29 is 19.8 Å². The number of carbonyl (C=O) groups excluding carboxylic acids is 1. The second-order valence-corrected chi connectivity index (χ2v) is 5.64. The summed E-state index contributed by atoms with van der Waals surface area (Å²) in [6, 6.07) is -0.785. The van der Waals surface area contributed by atoms with Crippen molar-refractivity contribution in [1.29, 1.82) is 0 Å². The van der Waals surface area contributed by atoms with Gasteiger partial charge in [-0.2, -0.15) is 0 Å². The summed E-state index contributed by atoms with van der Waals surface area (Å²) in [5.74, 6) is -0.476. The van der Waals surface area contributed by atoms with E-state index in [1.165, 1.54) is 4.90 Å². The normalized spacial score (nSPS) is 28.5. The van der Waals surface area contributed by atoms with Gasteiger partial charge in [0.15, 0.2) is 0 Å². The van der Waals surface area contributed by atoms with Gasteiger partial charge in [-0.05, 0) is 38.5 Å². The van der Waals surface area contributed by atoms with E-state index < -0.39 is 17.5 Å². The molecular weight excluding hydrogens is 248 g/mol. The molecule has 0 radical (unpaired) electrons. The molecule has 1 fully saturated rings. The third-order valence-electron chi connectivity index (χ3n) is 4.13. The van der Waals surface area contributed by atoms with Gasteiger partial charge in [0, 0.05) is 7.05 Å². The first-order valence-electron chi connectivity index (χ1n) is 6.71. The second-order valence-electron chi connectivity index (χ2n) is 5.64. The maximum absolute atomic E-state index is 12.0. The van der Waals surface area contributed by atoms with Crippen LogP contribution in [0.5, 0.6) is 0 Å². The minimum absolute atomic E-state index is 0.152. The van der Waals surface area contributed by atoms with Crippen LogP contribution in [0.3, 0.4) is 0 Å². The molecule has 0 aromatic rings. The number of likely N-dealkylation sites (N-methyl/N-ethyl adjacent to an activating group) is 1. The van der Waals surface area contributed by atoms with Crippen molar-refractivity contribution in [2.45, 2.75) is 51.1 Å². The highest BCUT2D eigenvalue weighted by Crippen LogP contribution is 2.32. The highest BCUT2D eigenvalue weighted by molar-refractivity contribution is 5.86. The van der Waals surface area contributed by atoms with Crippen LogP contribution < -0.4 is 5.32 Å². The molecule has 0 aromatic carbocycles. The first-order chi connectivity index (χ1) is 8.82. The molecule has 6 heteroatoms. The van der Waals surface area contributed by atoms with Crippen LogP contribution in [0.4, 0.5) is 4.79 Å². The highest BCUT2D eigenvalue weighted by Gasteiger charge is 2.43. The molecule has 0 aliphatic heterocycles. The molecule has 0 saturated heterocycles. The van der Waals surface area contributed by atoms with Gasteiger partial charge in [0.25, 0.3) is 0 Å². The Hall–Kier alpha value is -1.30. The van der Waals surface area contributed by atoms with E-state index >= 15 is 0 Å². The number of nitrogens with zero attached hydrogens (tertiary/aromatic N) is 1. The van der Waals surface area contributed by atoms with Crippen molar-refractivity contribution in [2.75, 3.05) is 13.7 Å². The van der Waals surface area contributed by atoms with Crippen LogP contribution >= 0.6 is 0 Å². The van der Waals surface area contributed by atoms with Gasteiger partial charge < -0.3 is 20.4 Å². The van der Waals surface area contributed by atoms with Gasteiger partial charge in [0.05, 0.1) is 12.6 Å². The third-order valence-corrected chi connectivity index (χ3v) is 4.13. The molecule has 0 aromatic heterocycles. The third kappa shape index (κ3) is 3.59. The Labute approximate surface area is 113 Å². The number of hydrogen-bond donors (Lipinski definition) is 3. The van der Waals surface area contributed by atoms with Crippen LogP contribution in [0, 0.1) is 5.92 Å². The molecule has 1 aliphatic rings. The van der Waals surface area contributed by atoms with Crippen molar-refractivity contribution in [3.05, 3.63) is 0 Å². The Morgan fingerprint density at radius 2 is 1.95 bits per heavy atom. The van der Waals surface area contributed by atoms with Crippen LogP contribution in [-0.4, -0.2) is 52.3 Å². The van der Waals surface area contributed by atoms with Crippen molar-refractivity contribution in [1.82, 2.24) is 10.2 Å². The maximum Gasteiger partial charge on any atom is 0.329 e. The number of nitrogens with one attached hydrogen (secondary N) is 1. The molecule has 0 bridgehead atoms. The largest absolute Gasteiger partial charge is 0.480 e. The molecule has 1 rings (SSSR count). The molecular formula is C13H24N2O4. The number of amides is 2. The Bertz CT molecular complexity index is 338. The van der Waals surface area contributed by atoms with E-state index in [0.29, 0.717) is 18.8 Å². The van der Waals surface area contributed by atoms with E-state index in [4.69, 9.17) is 5.11 Å². The predicted molar refractivity (Wildman–Crippen MR) is 70.8 cm³/mol. The number of hydrogen-bond acceptors (Lipinski definition) is 3. The summed E-state index contributed by atoms with van der Waals surface area (Å²) in [7, 11) is 1.55. The molecule has 6 nitrogen and oxygen atoms in total. The molecule has 1 aliphatic carbocycles. The quantitative estimate of drug-likeness (QED) is 0.713. The molecule has 0 spiro atoms. The van der Waals surface area contributed by atoms with Crippen LogP contribution in [0.15, 0.2) is 0 Å². The number of carboxylic acid groups (broad SMARTS) is 1. The smallest absolute Gasteiger partial charge is 0.329 e. The SMILES string of the molecule is CC1CCC(NC(=O)N(C)C(C)CO)(C(=O)O)CC1. The van der Waals surface area contributed by atoms with Crippen molar-refractivity contribution in [2.24, 2.45) is 5.92 Å². The standard InChI is InChI=1S/C13H24N2O4/c1-9-4-6-13(7-5-9,11(17)18)14-12(19)15(3)10(2)8-16/h9-10,16H,4-8H2,1-3H3,(H,14,19)(H,17,18). The molecule has 1 atom stereocenters. The average Bonchev–Trinajstić information content (AvgIpc) is 2.39. The number of aliphatic hydroxyl groups is 1. The monoisotopic (exact) mass is 272 g/mol. The van der Waals surface area contributed by atoms with Gasteiger partial charge in [-0.1, -0.05) is 6.92 Å². The fourth-order valence-corrected chi connectivity index (χ4v) is 2.26. The summed E-state index contributed by atoms with van der Waals surface area (Å²) in [5.41, 5.74) is -1.16. The Kier molecular flexibility index (Phi) is 5.17. The van der Waals surface area contributed by atoms with Gasteiger partial charge in [0.2, 0.25) is 0 Å².